The monoisotopic (exact) mass is 396 g/mol. The highest BCUT2D eigenvalue weighted by atomic mass is 32.2. The number of aromatic amines is 1. The molecule has 1 fully saturated rings. The van der Waals surface area contributed by atoms with Crippen LogP contribution in [-0.4, -0.2) is 40.4 Å². The Morgan fingerprint density at radius 3 is 2.89 bits per heavy atom. The van der Waals surface area contributed by atoms with Gasteiger partial charge in [-0.3, -0.25) is 4.79 Å². The van der Waals surface area contributed by atoms with Crippen molar-refractivity contribution in [2.75, 3.05) is 24.6 Å². The van der Waals surface area contributed by atoms with E-state index in [1.165, 1.54) is 16.5 Å². The number of aromatic nitrogens is 1. The Kier molecular flexibility index (Phi) is 5.79. The molecule has 0 bridgehead atoms. The molecule has 1 aliphatic rings. The Morgan fingerprint density at radius 2 is 2.00 bits per heavy atom. The summed E-state index contributed by atoms with van der Waals surface area (Å²) in [7, 11) is 0. The van der Waals surface area contributed by atoms with Crippen molar-refractivity contribution in [2.45, 2.75) is 23.5 Å². The molecule has 2 aromatic carbocycles. The van der Waals surface area contributed by atoms with Crippen LogP contribution in [0.4, 0.5) is 0 Å². The quantitative estimate of drug-likeness (QED) is 0.610. The normalized spacial score (nSPS) is 17.8. The fourth-order valence-corrected chi connectivity index (χ4v) is 5.87. The number of benzene rings is 2. The average molecular weight is 397 g/mol. The molecule has 0 radical (unpaired) electrons. The SMILES string of the molecule is Cc1ccccc1[C@@H]1CCN(C(=O)CSc2c[nH]c3ccccc23)CCS1. The molecule has 1 aromatic heterocycles. The minimum Gasteiger partial charge on any atom is -0.360 e. The van der Waals surface area contributed by atoms with Gasteiger partial charge in [-0.05, 0) is 30.5 Å². The first-order valence-corrected chi connectivity index (χ1v) is 11.4. The number of thioether (sulfide) groups is 2. The number of para-hydroxylation sites is 1. The Hall–Kier alpha value is -1.85. The summed E-state index contributed by atoms with van der Waals surface area (Å²) in [5, 5.41) is 1.69. The summed E-state index contributed by atoms with van der Waals surface area (Å²) in [6, 6.07) is 16.9. The maximum absolute atomic E-state index is 12.8. The van der Waals surface area contributed by atoms with E-state index in [2.05, 4.69) is 48.3 Å². The van der Waals surface area contributed by atoms with E-state index < -0.39 is 0 Å². The predicted octanol–water partition coefficient (Wildman–Crippen LogP) is 5.28. The van der Waals surface area contributed by atoms with E-state index in [1.807, 2.05) is 35.0 Å². The molecule has 1 saturated heterocycles. The van der Waals surface area contributed by atoms with Crippen LogP contribution in [0, 0.1) is 6.92 Å². The van der Waals surface area contributed by atoms with Crippen molar-refractivity contribution in [3.63, 3.8) is 0 Å². The summed E-state index contributed by atoms with van der Waals surface area (Å²) in [6.45, 7) is 3.88. The lowest BCUT2D eigenvalue weighted by atomic mass is 10.0. The second kappa shape index (κ2) is 8.44. The molecule has 0 aliphatic carbocycles. The molecule has 0 unspecified atom stereocenters. The van der Waals surface area contributed by atoms with Gasteiger partial charge < -0.3 is 9.88 Å². The van der Waals surface area contributed by atoms with Gasteiger partial charge in [0.05, 0.1) is 5.75 Å². The standard InChI is InChI=1S/C22H24N2OS2/c1-16-6-2-3-7-17(16)20-10-11-24(12-13-26-20)22(25)15-27-21-14-23-19-9-5-4-8-18(19)21/h2-9,14,20,23H,10-13,15H2,1H3/t20-/m0/s1. The van der Waals surface area contributed by atoms with Crippen molar-refractivity contribution >= 4 is 40.3 Å². The predicted molar refractivity (Wildman–Crippen MR) is 117 cm³/mol. The summed E-state index contributed by atoms with van der Waals surface area (Å²) in [5.74, 6) is 1.75. The summed E-state index contributed by atoms with van der Waals surface area (Å²) in [6.07, 6.45) is 3.04. The molecular weight excluding hydrogens is 372 g/mol. The minimum absolute atomic E-state index is 0.247. The smallest absolute Gasteiger partial charge is 0.232 e. The number of carbonyl (C=O) groups excluding carboxylic acids is 1. The van der Waals surface area contributed by atoms with Crippen LogP contribution in [0.3, 0.4) is 0 Å². The second-order valence-corrected chi connectivity index (χ2v) is 9.20. The molecule has 1 N–H and O–H groups in total. The van der Waals surface area contributed by atoms with E-state index >= 15 is 0 Å². The van der Waals surface area contributed by atoms with Crippen LogP contribution < -0.4 is 0 Å². The molecule has 27 heavy (non-hydrogen) atoms. The van der Waals surface area contributed by atoms with E-state index in [4.69, 9.17) is 0 Å². The van der Waals surface area contributed by atoms with Gasteiger partial charge in [-0.25, -0.2) is 0 Å². The maximum Gasteiger partial charge on any atom is 0.232 e. The van der Waals surface area contributed by atoms with Gasteiger partial charge >= 0.3 is 0 Å². The third-order valence-corrected chi connectivity index (χ3v) is 7.48. The van der Waals surface area contributed by atoms with E-state index in [9.17, 15) is 4.79 Å². The van der Waals surface area contributed by atoms with E-state index in [0.717, 1.165) is 35.7 Å². The van der Waals surface area contributed by atoms with Gasteiger partial charge in [0, 0.05) is 46.1 Å². The van der Waals surface area contributed by atoms with Crippen LogP contribution in [0.25, 0.3) is 10.9 Å². The van der Waals surface area contributed by atoms with Crippen LogP contribution in [0.5, 0.6) is 0 Å². The molecule has 4 rings (SSSR count). The van der Waals surface area contributed by atoms with Crippen LogP contribution >= 0.6 is 23.5 Å². The summed E-state index contributed by atoms with van der Waals surface area (Å²) < 4.78 is 0. The highest BCUT2D eigenvalue weighted by Crippen LogP contribution is 2.36. The van der Waals surface area contributed by atoms with Crippen LogP contribution in [0.15, 0.2) is 59.6 Å². The van der Waals surface area contributed by atoms with Gasteiger partial charge in [-0.1, -0.05) is 42.5 Å². The first-order chi connectivity index (χ1) is 13.2. The highest BCUT2D eigenvalue weighted by molar-refractivity contribution is 8.00. The number of hydrogen-bond acceptors (Lipinski definition) is 3. The zero-order chi connectivity index (χ0) is 18.6. The number of carbonyl (C=O) groups is 1. The third-order valence-electron chi connectivity index (χ3n) is 5.13. The number of nitrogens with one attached hydrogen (secondary N) is 1. The number of amides is 1. The lowest BCUT2D eigenvalue weighted by molar-refractivity contribution is -0.128. The van der Waals surface area contributed by atoms with Crippen molar-refractivity contribution in [2.24, 2.45) is 0 Å². The first-order valence-electron chi connectivity index (χ1n) is 9.36. The number of fused-ring (bicyclic) bond motifs is 1. The fourth-order valence-electron chi connectivity index (χ4n) is 3.61. The average Bonchev–Trinajstić information content (AvgIpc) is 2.94. The molecular formula is C22H24N2OS2. The van der Waals surface area contributed by atoms with Crippen LogP contribution in [0.2, 0.25) is 0 Å². The number of hydrogen-bond donors (Lipinski definition) is 1. The number of nitrogens with zero attached hydrogens (tertiary/aromatic N) is 1. The molecule has 3 nitrogen and oxygen atoms in total. The van der Waals surface area contributed by atoms with Gasteiger partial charge in [0.15, 0.2) is 0 Å². The van der Waals surface area contributed by atoms with Gasteiger partial charge in [-0.15, -0.1) is 11.8 Å². The number of H-pyrrole nitrogens is 1. The Morgan fingerprint density at radius 1 is 1.19 bits per heavy atom. The Bertz CT molecular complexity index is 937. The maximum atomic E-state index is 12.8. The first kappa shape index (κ1) is 18.5. The van der Waals surface area contributed by atoms with Gasteiger partial charge in [0.25, 0.3) is 0 Å². The minimum atomic E-state index is 0.247. The van der Waals surface area contributed by atoms with Crippen molar-refractivity contribution in [1.82, 2.24) is 9.88 Å². The third kappa shape index (κ3) is 4.19. The largest absolute Gasteiger partial charge is 0.360 e. The van der Waals surface area contributed by atoms with Gasteiger partial charge in [0.2, 0.25) is 5.91 Å². The summed E-state index contributed by atoms with van der Waals surface area (Å²) >= 11 is 3.62. The second-order valence-electron chi connectivity index (χ2n) is 6.87. The van der Waals surface area contributed by atoms with E-state index in [0.29, 0.717) is 11.0 Å². The van der Waals surface area contributed by atoms with Crippen molar-refractivity contribution in [3.8, 4) is 0 Å². The number of aryl methyl sites for hydroxylation is 1. The molecule has 2 heterocycles. The fraction of sp³-hybridized carbons (Fsp3) is 0.318. The van der Waals surface area contributed by atoms with Gasteiger partial charge in [0.1, 0.15) is 0 Å². The highest BCUT2D eigenvalue weighted by Gasteiger charge is 2.23. The van der Waals surface area contributed by atoms with Gasteiger partial charge in [-0.2, -0.15) is 11.8 Å². The molecule has 0 saturated carbocycles. The molecule has 5 heteroatoms. The van der Waals surface area contributed by atoms with Crippen LogP contribution in [0.1, 0.15) is 22.8 Å². The molecule has 1 amide bonds. The molecule has 1 atom stereocenters. The van der Waals surface area contributed by atoms with E-state index in [-0.39, 0.29) is 5.91 Å². The Balaban J connectivity index is 1.36. The molecule has 1 aliphatic heterocycles. The van der Waals surface area contributed by atoms with Crippen molar-refractivity contribution in [3.05, 3.63) is 65.9 Å². The lowest BCUT2D eigenvalue weighted by Gasteiger charge is -2.20. The molecule has 140 valence electrons. The topological polar surface area (TPSA) is 36.1 Å². The summed E-state index contributed by atoms with van der Waals surface area (Å²) in [4.78, 5) is 19.3. The lowest BCUT2D eigenvalue weighted by Crippen LogP contribution is -2.34. The van der Waals surface area contributed by atoms with Crippen LogP contribution in [-0.2, 0) is 4.79 Å². The Labute approximate surface area is 168 Å². The van der Waals surface area contributed by atoms with Crippen molar-refractivity contribution in [1.29, 1.82) is 0 Å². The zero-order valence-electron chi connectivity index (χ0n) is 15.5. The molecule has 3 aromatic rings. The molecule has 0 spiro atoms. The number of rotatable bonds is 4. The summed E-state index contributed by atoms with van der Waals surface area (Å²) in [5.41, 5.74) is 3.90. The zero-order valence-corrected chi connectivity index (χ0v) is 17.1. The van der Waals surface area contributed by atoms with E-state index in [1.54, 1.807) is 11.8 Å². The van der Waals surface area contributed by atoms with Crippen molar-refractivity contribution < 1.29 is 4.79 Å².